The lowest BCUT2D eigenvalue weighted by Gasteiger charge is -2.28. The van der Waals surface area contributed by atoms with Crippen LogP contribution in [0.2, 0.25) is 0 Å². The number of hydrogen-bond acceptors (Lipinski definition) is 5. The number of benzene rings is 1. The summed E-state index contributed by atoms with van der Waals surface area (Å²) in [5.41, 5.74) is 0. The summed E-state index contributed by atoms with van der Waals surface area (Å²) >= 11 is 0. The number of nitrogens with zero attached hydrogens (tertiary/aromatic N) is 5. The van der Waals surface area contributed by atoms with E-state index in [4.69, 9.17) is 4.74 Å². The zero-order valence-electron chi connectivity index (χ0n) is 14.5. The Kier molecular flexibility index (Phi) is 4.40. The molecule has 0 radical (unpaired) electrons. The molecule has 3 heterocycles. The number of carbonyl (C=O) groups excluding carboxylic acids is 1. The number of hydrogen-bond donors (Lipinski definition) is 0. The van der Waals surface area contributed by atoms with Crippen molar-refractivity contribution in [2.45, 2.75) is 32.0 Å². The minimum absolute atomic E-state index is 0.0107. The molecule has 4 rings (SSSR count). The van der Waals surface area contributed by atoms with Crippen LogP contribution in [0.4, 0.5) is 0 Å². The van der Waals surface area contributed by atoms with Crippen molar-refractivity contribution >= 4 is 5.91 Å². The van der Waals surface area contributed by atoms with Gasteiger partial charge < -0.3 is 14.2 Å². The van der Waals surface area contributed by atoms with Crippen molar-refractivity contribution in [1.82, 2.24) is 24.6 Å². The highest BCUT2D eigenvalue weighted by molar-refractivity contribution is 5.78. The molecule has 0 unspecified atom stereocenters. The fourth-order valence-electron chi connectivity index (χ4n) is 3.63. The highest BCUT2D eigenvalue weighted by Crippen LogP contribution is 2.32. The van der Waals surface area contributed by atoms with Crippen LogP contribution in [0, 0.1) is 0 Å². The van der Waals surface area contributed by atoms with Crippen LogP contribution in [0.5, 0.6) is 5.75 Å². The number of ether oxygens (including phenoxy) is 1. The van der Waals surface area contributed by atoms with Crippen LogP contribution in [-0.4, -0.2) is 57.2 Å². The largest absolute Gasteiger partial charge is 0.484 e. The molecule has 1 fully saturated rings. The SMILES string of the molecule is CN1CCn2c(nnc2[C@H]2CCCN2C(=O)COc2ccccc2)C1. The van der Waals surface area contributed by atoms with E-state index in [1.54, 1.807) is 0 Å². The smallest absolute Gasteiger partial charge is 0.261 e. The van der Waals surface area contributed by atoms with Crippen LogP contribution in [0.25, 0.3) is 0 Å². The first kappa shape index (κ1) is 16.1. The second-order valence-corrected chi connectivity index (χ2v) is 6.71. The minimum Gasteiger partial charge on any atom is -0.484 e. The van der Waals surface area contributed by atoms with E-state index in [0.29, 0.717) is 0 Å². The van der Waals surface area contributed by atoms with E-state index in [9.17, 15) is 4.79 Å². The van der Waals surface area contributed by atoms with Crippen molar-refractivity contribution in [2.75, 3.05) is 26.7 Å². The summed E-state index contributed by atoms with van der Waals surface area (Å²) in [6.45, 7) is 3.49. The van der Waals surface area contributed by atoms with Crippen molar-refractivity contribution in [3.05, 3.63) is 42.0 Å². The molecule has 0 spiro atoms. The van der Waals surface area contributed by atoms with Gasteiger partial charge >= 0.3 is 0 Å². The maximum absolute atomic E-state index is 12.7. The van der Waals surface area contributed by atoms with Crippen molar-refractivity contribution < 1.29 is 9.53 Å². The molecule has 7 heteroatoms. The molecule has 7 nitrogen and oxygen atoms in total. The van der Waals surface area contributed by atoms with Crippen LogP contribution >= 0.6 is 0 Å². The summed E-state index contributed by atoms with van der Waals surface area (Å²) in [4.78, 5) is 16.8. The standard InChI is InChI=1S/C18H23N5O2/c1-21-10-11-23-16(12-21)19-20-18(23)15-8-5-9-22(15)17(24)13-25-14-6-3-2-4-7-14/h2-4,6-7,15H,5,8-13H2,1H3/t15-/m1/s1. The van der Waals surface area contributed by atoms with Gasteiger partial charge in [-0.2, -0.15) is 0 Å². The third-order valence-corrected chi connectivity index (χ3v) is 4.95. The number of fused-ring (bicyclic) bond motifs is 1. The Morgan fingerprint density at radius 1 is 1.20 bits per heavy atom. The predicted molar refractivity (Wildman–Crippen MR) is 92.0 cm³/mol. The Morgan fingerprint density at radius 3 is 2.88 bits per heavy atom. The number of para-hydroxylation sites is 1. The molecule has 1 saturated heterocycles. The maximum atomic E-state index is 12.7. The fourth-order valence-corrected chi connectivity index (χ4v) is 3.63. The van der Waals surface area contributed by atoms with Crippen molar-refractivity contribution in [1.29, 1.82) is 0 Å². The van der Waals surface area contributed by atoms with E-state index in [-0.39, 0.29) is 18.6 Å². The van der Waals surface area contributed by atoms with Gasteiger partial charge in [0, 0.05) is 19.6 Å². The van der Waals surface area contributed by atoms with Gasteiger partial charge in [0.15, 0.2) is 12.4 Å². The molecule has 0 aliphatic carbocycles. The summed E-state index contributed by atoms with van der Waals surface area (Å²) in [5, 5.41) is 8.76. The zero-order valence-corrected chi connectivity index (χ0v) is 14.5. The van der Waals surface area contributed by atoms with E-state index < -0.39 is 0 Å². The molecule has 1 atom stereocenters. The Hall–Kier alpha value is -2.41. The van der Waals surface area contributed by atoms with Gasteiger partial charge in [-0.3, -0.25) is 9.69 Å². The Balaban J connectivity index is 1.46. The molecule has 0 saturated carbocycles. The molecule has 2 aromatic rings. The summed E-state index contributed by atoms with van der Waals surface area (Å²) in [7, 11) is 2.09. The van der Waals surface area contributed by atoms with E-state index in [2.05, 4.69) is 26.7 Å². The molecule has 1 amide bonds. The van der Waals surface area contributed by atoms with Gasteiger partial charge in [0.1, 0.15) is 11.6 Å². The van der Waals surface area contributed by atoms with E-state index in [1.165, 1.54) is 0 Å². The second kappa shape index (κ2) is 6.84. The molecule has 0 N–H and O–H groups in total. The lowest BCUT2D eigenvalue weighted by molar-refractivity contribution is -0.134. The lowest BCUT2D eigenvalue weighted by atomic mass is 10.2. The predicted octanol–water partition coefficient (Wildman–Crippen LogP) is 1.47. The minimum atomic E-state index is 0.0107. The molecule has 2 aliphatic rings. The maximum Gasteiger partial charge on any atom is 0.261 e. The fraction of sp³-hybridized carbons (Fsp3) is 0.500. The quantitative estimate of drug-likeness (QED) is 0.843. The van der Waals surface area contributed by atoms with E-state index in [1.807, 2.05) is 35.2 Å². The van der Waals surface area contributed by atoms with Crippen molar-refractivity contribution in [3.8, 4) is 5.75 Å². The summed E-state index contributed by atoms with van der Waals surface area (Å²) in [5.74, 6) is 2.64. The van der Waals surface area contributed by atoms with Gasteiger partial charge in [0.25, 0.3) is 5.91 Å². The van der Waals surface area contributed by atoms with Gasteiger partial charge in [-0.05, 0) is 32.0 Å². The first-order chi connectivity index (χ1) is 12.2. The van der Waals surface area contributed by atoms with Crippen molar-refractivity contribution in [3.63, 3.8) is 0 Å². The molecule has 132 valence electrons. The van der Waals surface area contributed by atoms with Gasteiger partial charge in [-0.25, -0.2) is 0 Å². The number of amides is 1. The first-order valence-electron chi connectivity index (χ1n) is 8.80. The topological polar surface area (TPSA) is 63.5 Å². The Labute approximate surface area is 147 Å². The molecule has 2 aliphatic heterocycles. The lowest BCUT2D eigenvalue weighted by Crippen LogP contribution is -2.37. The van der Waals surface area contributed by atoms with Crippen LogP contribution < -0.4 is 4.74 Å². The van der Waals surface area contributed by atoms with Crippen LogP contribution in [-0.2, 0) is 17.9 Å². The first-order valence-corrected chi connectivity index (χ1v) is 8.80. The summed E-state index contributed by atoms with van der Waals surface area (Å²) < 4.78 is 7.82. The second-order valence-electron chi connectivity index (χ2n) is 6.71. The van der Waals surface area contributed by atoms with Crippen molar-refractivity contribution in [2.24, 2.45) is 0 Å². The van der Waals surface area contributed by atoms with E-state index in [0.717, 1.165) is 56.4 Å². The average Bonchev–Trinajstić information content (AvgIpc) is 3.26. The Morgan fingerprint density at radius 2 is 2.04 bits per heavy atom. The van der Waals surface area contributed by atoms with Crippen LogP contribution in [0.15, 0.2) is 30.3 Å². The highest BCUT2D eigenvalue weighted by Gasteiger charge is 2.35. The number of carbonyl (C=O) groups is 1. The van der Waals surface area contributed by atoms with Gasteiger partial charge in [0.05, 0.1) is 12.6 Å². The molecule has 0 bridgehead atoms. The van der Waals surface area contributed by atoms with E-state index >= 15 is 0 Å². The van der Waals surface area contributed by atoms with Gasteiger partial charge in [-0.1, -0.05) is 18.2 Å². The van der Waals surface area contributed by atoms with Crippen LogP contribution in [0.1, 0.15) is 30.5 Å². The van der Waals surface area contributed by atoms with Gasteiger partial charge in [-0.15, -0.1) is 10.2 Å². The summed E-state index contributed by atoms with van der Waals surface area (Å²) in [6.07, 6.45) is 1.93. The zero-order chi connectivity index (χ0) is 17.2. The molecule has 1 aromatic carbocycles. The number of likely N-dealkylation sites (tertiary alicyclic amines) is 1. The molecular weight excluding hydrogens is 318 g/mol. The molecule has 25 heavy (non-hydrogen) atoms. The highest BCUT2D eigenvalue weighted by atomic mass is 16.5. The third kappa shape index (κ3) is 3.24. The summed E-state index contributed by atoms with van der Waals surface area (Å²) in [6, 6.07) is 9.46. The van der Waals surface area contributed by atoms with Gasteiger partial charge in [0.2, 0.25) is 0 Å². The average molecular weight is 341 g/mol. The number of rotatable bonds is 4. The monoisotopic (exact) mass is 341 g/mol. The molecule has 1 aromatic heterocycles. The normalized spacial score (nSPS) is 20.5. The van der Waals surface area contributed by atoms with Crippen LogP contribution in [0.3, 0.4) is 0 Å². The molecular formula is C18H23N5O2. The number of aromatic nitrogens is 3. The Bertz CT molecular complexity index is 745. The number of likely N-dealkylation sites (N-methyl/N-ethyl adjacent to an activating group) is 1. The third-order valence-electron chi connectivity index (χ3n) is 4.95.